The van der Waals surface area contributed by atoms with Crippen LogP contribution in [0.15, 0.2) is 55.4 Å². The molecule has 7 rings (SSSR count). The zero-order valence-electron chi connectivity index (χ0n) is 25.9. The second kappa shape index (κ2) is 11.2. The van der Waals surface area contributed by atoms with Gasteiger partial charge in [-0.25, -0.2) is 8.78 Å². The first-order valence-corrected chi connectivity index (χ1v) is 15.8. The van der Waals surface area contributed by atoms with Crippen molar-refractivity contribution in [3.63, 3.8) is 0 Å². The molecule has 0 bridgehead atoms. The standard InChI is InChI=1S/C34H35F5N6O2/c1-3-28(46)44-10-8-32(19-44)7-9-43(18-32)16-21-11-25-26(27(12-21)34(37,38)39)17-45(31(25)47)24-6-4-5-22(13-24)29(23-14-33(35,36)15-23)30-41-40-20-42(30)2/h3-6,11-13,20,23,29H,1,7-10,14-19H2,2H3/t29-,32-/m0/s1. The van der Waals surface area contributed by atoms with Crippen LogP contribution in [0.25, 0.3) is 0 Å². The molecule has 3 fully saturated rings. The topological polar surface area (TPSA) is 74.6 Å². The quantitative estimate of drug-likeness (QED) is 0.239. The lowest BCUT2D eigenvalue weighted by atomic mass is 9.70. The van der Waals surface area contributed by atoms with E-state index in [9.17, 15) is 31.5 Å². The summed E-state index contributed by atoms with van der Waals surface area (Å²) in [4.78, 5) is 31.1. The summed E-state index contributed by atoms with van der Waals surface area (Å²) in [7, 11) is 1.73. The highest BCUT2D eigenvalue weighted by molar-refractivity contribution is 6.10. The van der Waals surface area contributed by atoms with Gasteiger partial charge in [0.25, 0.3) is 5.91 Å². The molecule has 4 heterocycles. The lowest BCUT2D eigenvalue weighted by Crippen LogP contribution is -2.39. The molecule has 2 saturated heterocycles. The first-order chi connectivity index (χ1) is 22.3. The molecule has 4 aliphatic rings. The van der Waals surface area contributed by atoms with E-state index in [2.05, 4.69) is 21.7 Å². The van der Waals surface area contributed by atoms with Gasteiger partial charge in [0, 0.05) is 68.7 Å². The van der Waals surface area contributed by atoms with E-state index in [1.807, 2.05) is 0 Å². The number of halogens is 5. The molecule has 0 unspecified atom stereocenters. The number of rotatable bonds is 7. The molecule has 13 heteroatoms. The maximum absolute atomic E-state index is 14.5. The maximum atomic E-state index is 14.5. The predicted molar refractivity (Wildman–Crippen MR) is 163 cm³/mol. The monoisotopic (exact) mass is 654 g/mol. The molecule has 1 saturated carbocycles. The smallest absolute Gasteiger partial charge is 0.339 e. The summed E-state index contributed by atoms with van der Waals surface area (Å²) in [6, 6.07) is 9.53. The van der Waals surface area contributed by atoms with Gasteiger partial charge in [0.05, 0.1) is 12.1 Å². The summed E-state index contributed by atoms with van der Waals surface area (Å²) < 4.78 is 73.0. The summed E-state index contributed by atoms with van der Waals surface area (Å²) in [6.07, 6.45) is -0.845. The number of carbonyl (C=O) groups excluding carboxylic acids is 2. The van der Waals surface area contributed by atoms with Gasteiger partial charge in [0.1, 0.15) is 12.2 Å². The van der Waals surface area contributed by atoms with Gasteiger partial charge < -0.3 is 14.4 Å². The van der Waals surface area contributed by atoms with E-state index in [1.54, 1.807) is 46.8 Å². The minimum atomic E-state index is -4.67. The zero-order valence-corrected chi connectivity index (χ0v) is 25.9. The van der Waals surface area contributed by atoms with E-state index in [0.717, 1.165) is 18.9 Å². The molecule has 248 valence electrons. The second-order valence-electron chi connectivity index (χ2n) is 13.6. The Morgan fingerprint density at radius 1 is 1.13 bits per heavy atom. The van der Waals surface area contributed by atoms with E-state index in [4.69, 9.17) is 0 Å². The van der Waals surface area contributed by atoms with Crippen molar-refractivity contribution in [1.82, 2.24) is 24.6 Å². The van der Waals surface area contributed by atoms with E-state index in [-0.39, 0.29) is 48.4 Å². The molecule has 3 aliphatic heterocycles. The number of likely N-dealkylation sites (tertiary alicyclic amines) is 2. The Kier molecular flexibility index (Phi) is 7.53. The van der Waals surface area contributed by atoms with Crippen molar-refractivity contribution in [2.24, 2.45) is 18.4 Å². The average Bonchev–Trinajstić information content (AvgIpc) is 3.80. The van der Waals surface area contributed by atoms with Crippen LogP contribution in [-0.2, 0) is 31.1 Å². The molecule has 1 aliphatic carbocycles. The molecule has 0 radical (unpaired) electrons. The van der Waals surface area contributed by atoms with Crippen LogP contribution in [0.4, 0.5) is 27.6 Å². The molecule has 2 aromatic carbocycles. The minimum Gasteiger partial charge on any atom is -0.339 e. The molecule has 2 amide bonds. The van der Waals surface area contributed by atoms with Gasteiger partial charge in [-0.2, -0.15) is 13.2 Å². The third-order valence-electron chi connectivity index (χ3n) is 10.4. The van der Waals surface area contributed by atoms with Gasteiger partial charge >= 0.3 is 6.18 Å². The fraction of sp³-hybridized carbons (Fsp3) is 0.471. The van der Waals surface area contributed by atoms with Crippen molar-refractivity contribution < 1.29 is 31.5 Å². The van der Waals surface area contributed by atoms with Gasteiger partial charge in [-0.1, -0.05) is 18.7 Å². The minimum absolute atomic E-state index is 0.0150. The van der Waals surface area contributed by atoms with Gasteiger partial charge in [0.15, 0.2) is 0 Å². The highest BCUT2D eigenvalue weighted by Crippen LogP contribution is 2.51. The number of amides is 2. The van der Waals surface area contributed by atoms with Crippen LogP contribution >= 0.6 is 0 Å². The number of nitrogens with zero attached hydrogens (tertiary/aromatic N) is 6. The van der Waals surface area contributed by atoms with Crippen molar-refractivity contribution in [2.75, 3.05) is 31.1 Å². The van der Waals surface area contributed by atoms with Crippen molar-refractivity contribution in [1.29, 1.82) is 0 Å². The fourth-order valence-corrected chi connectivity index (χ4v) is 8.06. The van der Waals surface area contributed by atoms with Crippen LogP contribution < -0.4 is 4.90 Å². The summed E-state index contributed by atoms with van der Waals surface area (Å²) in [5, 5.41) is 8.11. The number of anilines is 1. The van der Waals surface area contributed by atoms with E-state index >= 15 is 0 Å². The predicted octanol–water partition coefficient (Wildman–Crippen LogP) is 5.78. The van der Waals surface area contributed by atoms with Crippen molar-refractivity contribution in [2.45, 2.75) is 56.8 Å². The Morgan fingerprint density at radius 2 is 1.89 bits per heavy atom. The van der Waals surface area contributed by atoms with Gasteiger partial charge in [0.2, 0.25) is 11.8 Å². The number of fused-ring (bicyclic) bond motifs is 1. The van der Waals surface area contributed by atoms with Crippen molar-refractivity contribution in [3.05, 3.63) is 89.0 Å². The molecular formula is C34H35F5N6O2. The van der Waals surface area contributed by atoms with Gasteiger partial charge in [-0.15, -0.1) is 10.2 Å². The molecule has 8 nitrogen and oxygen atoms in total. The Balaban J connectivity index is 1.15. The third kappa shape index (κ3) is 5.72. The molecule has 3 aromatic rings. The van der Waals surface area contributed by atoms with Crippen LogP contribution in [0.5, 0.6) is 0 Å². The number of aryl methyl sites for hydroxylation is 1. The molecule has 47 heavy (non-hydrogen) atoms. The first-order valence-electron chi connectivity index (χ1n) is 15.8. The Bertz CT molecular complexity index is 1750. The zero-order chi connectivity index (χ0) is 33.3. The molecule has 1 spiro atoms. The van der Waals surface area contributed by atoms with E-state index in [1.165, 1.54) is 17.3 Å². The van der Waals surface area contributed by atoms with Crippen molar-refractivity contribution in [3.8, 4) is 0 Å². The molecule has 1 aromatic heterocycles. The van der Waals surface area contributed by atoms with E-state index < -0.39 is 35.4 Å². The summed E-state index contributed by atoms with van der Waals surface area (Å²) in [6.45, 7) is 6.12. The number of carbonyl (C=O) groups is 2. The normalized spacial score (nSPS) is 23.4. The highest BCUT2D eigenvalue weighted by Gasteiger charge is 2.50. The fourth-order valence-electron chi connectivity index (χ4n) is 8.06. The SMILES string of the molecule is C=CC(=O)N1CC[C@]2(CCN(Cc3cc4c(c(C(F)(F)F)c3)CN(c3cccc([C@H](c5nncn5C)C5CC(F)(F)C5)c3)C4=O)C2)C1. The average molecular weight is 655 g/mol. The lowest BCUT2D eigenvalue weighted by Gasteiger charge is -2.40. The Labute approximate surface area is 268 Å². The number of benzene rings is 2. The molecule has 2 atom stereocenters. The molecular weight excluding hydrogens is 619 g/mol. The number of hydrogen-bond donors (Lipinski definition) is 0. The van der Waals surface area contributed by atoms with Crippen LogP contribution in [-0.4, -0.2) is 68.5 Å². The van der Waals surface area contributed by atoms with Crippen LogP contribution in [0.3, 0.4) is 0 Å². The maximum Gasteiger partial charge on any atom is 0.416 e. The highest BCUT2D eigenvalue weighted by atomic mass is 19.4. The van der Waals surface area contributed by atoms with E-state index in [0.29, 0.717) is 48.8 Å². The Morgan fingerprint density at radius 3 is 2.57 bits per heavy atom. The lowest BCUT2D eigenvalue weighted by molar-refractivity contribution is -0.138. The van der Waals surface area contributed by atoms with Crippen LogP contribution in [0.2, 0.25) is 0 Å². The summed E-state index contributed by atoms with van der Waals surface area (Å²) in [5.41, 5.74) is 0.443. The van der Waals surface area contributed by atoms with Gasteiger partial charge in [-0.3, -0.25) is 14.5 Å². The number of hydrogen-bond acceptors (Lipinski definition) is 5. The number of aromatic nitrogens is 3. The van der Waals surface area contributed by atoms with Crippen molar-refractivity contribution >= 4 is 17.5 Å². The molecule has 0 N–H and O–H groups in total. The summed E-state index contributed by atoms with van der Waals surface area (Å²) in [5.74, 6) is -3.85. The largest absolute Gasteiger partial charge is 0.416 e. The summed E-state index contributed by atoms with van der Waals surface area (Å²) >= 11 is 0. The Hall–Kier alpha value is -4.13. The number of alkyl halides is 5. The van der Waals surface area contributed by atoms with Gasteiger partial charge in [-0.05, 0) is 72.3 Å². The van der Waals surface area contributed by atoms with Crippen LogP contribution in [0, 0.1) is 11.3 Å². The second-order valence-corrected chi connectivity index (χ2v) is 13.6. The first kappa shape index (κ1) is 31.5. The third-order valence-corrected chi connectivity index (χ3v) is 10.4. The van der Waals surface area contributed by atoms with Crippen LogP contribution in [0.1, 0.15) is 70.0 Å².